The second-order valence-electron chi connectivity index (χ2n) is 6.82. The van der Waals surface area contributed by atoms with Gasteiger partial charge in [-0.05, 0) is 41.3 Å². The summed E-state index contributed by atoms with van der Waals surface area (Å²) in [5, 5.41) is 13.1. The van der Waals surface area contributed by atoms with Crippen LogP contribution in [-0.4, -0.2) is 5.11 Å². The number of aryl methyl sites for hydroxylation is 1. The Morgan fingerprint density at radius 2 is 1.83 bits per heavy atom. The van der Waals surface area contributed by atoms with E-state index in [1.807, 2.05) is 58.9 Å². The number of aliphatic hydroxyl groups excluding tert-OH is 1. The van der Waals surface area contributed by atoms with Crippen molar-refractivity contribution in [2.24, 2.45) is 5.92 Å². The third-order valence-electron chi connectivity index (χ3n) is 4.41. The van der Waals surface area contributed by atoms with Gasteiger partial charge in [0.15, 0.2) is 10.8 Å². The van der Waals surface area contributed by atoms with Crippen LogP contribution in [0.5, 0.6) is 0 Å². The summed E-state index contributed by atoms with van der Waals surface area (Å²) >= 11 is 0. The molecule has 0 spiro atoms. The zero-order valence-electron chi connectivity index (χ0n) is 14.2. The van der Waals surface area contributed by atoms with Crippen LogP contribution in [0.25, 0.3) is 16.5 Å². The highest BCUT2D eigenvalue weighted by Crippen LogP contribution is 2.21. The fourth-order valence-corrected chi connectivity index (χ4v) is 2.99. The smallest absolute Gasteiger partial charge is 0.225 e. The summed E-state index contributed by atoms with van der Waals surface area (Å²) < 4.78 is 5.87. The van der Waals surface area contributed by atoms with Gasteiger partial charge in [-0.3, -0.25) is 4.79 Å². The molecule has 0 aromatic heterocycles. The van der Waals surface area contributed by atoms with Crippen molar-refractivity contribution in [3.05, 3.63) is 61.7 Å². The molecule has 1 aromatic carbocycles. The Bertz CT molecular complexity index is 1050. The maximum absolute atomic E-state index is 12.8. The molecule has 0 amide bonds. The summed E-state index contributed by atoms with van der Waals surface area (Å²) in [5.41, 5.74) is 2.44. The third-order valence-corrected chi connectivity index (χ3v) is 4.41. The van der Waals surface area contributed by atoms with Crippen LogP contribution in [0.1, 0.15) is 44.7 Å². The highest BCUT2D eigenvalue weighted by Gasteiger charge is 2.14. The van der Waals surface area contributed by atoms with E-state index in [1.165, 1.54) is 0 Å². The Kier molecular flexibility index (Phi) is 3.67. The minimum absolute atomic E-state index is 0.0642. The van der Waals surface area contributed by atoms with E-state index in [0.717, 1.165) is 27.1 Å². The van der Waals surface area contributed by atoms with E-state index in [4.69, 9.17) is 4.42 Å². The second kappa shape index (κ2) is 5.41. The van der Waals surface area contributed by atoms with Gasteiger partial charge in [-0.2, -0.15) is 0 Å². The van der Waals surface area contributed by atoms with Crippen molar-refractivity contribution >= 4 is 16.5 Å². The van der Waals surface area contributed by atoms with Crippen molar-refractivity contribution in [1.29, 1.82) is 0 Å². The van der Waals surface area contributed by atoms with Gasteiger partial charge in [0.2, 0.25) is 5.43 Å². The molecule has 0 unspecified atom stereocenters. The Morgan fingerprint density at radius 1 is 1.13 bits per heavy atom. The normalized spacial score (nSPS) is 13.5. The monoisotopic (exact) mass is 310 g/mol. The van der Waals surface area contributed by atoms with Crippen LogP contribution >= 0.6 is 0 Å². The number of rotatable bonds is 2. The largest absolute Gasteiger partial charge is 0.508 e. The molecule has 1 aliphatic carbocycles. The molecule has 0 fully saturated rings. The first-order valence-electron chi connectivity index (χ1n) is 8.04. The van der Waals surface area contributed by atoms with Gasteiger partial charge in [0, 0.05) is 16.7 Å². The molecule has 1 N–H and O–H groups in total. The molecule has 0 saturated carbocycles. The Hall–Kier alpha value is -2.29. The van der Waals surface area contributed by atoms with Crippen molar-refractivity contribution in [1.82, 2.24) is 0 Å². The van der Waals surface area contributed by atoms with E-state index in [1.54, 1.807) is 0 Å². The van der Waals surface area contributed by atoms with Gasteiger partial charge in [0.1, 0.15) is 5.76 Å². The summed E-state index contributed by atoms with van der Waals surface area (Å²) in [4.78, 5) is 12.8. The molecule has 0 bridgehead atoms. The van der Waals surface area contributed by atoms with Gasteiger partial charge < -0.3 is 9.52 Å². The molecule has 120 valence electrons. The summed E-state index contributed by atoms with van der Waals surface area (Å²) in [6.45, 7) is 9.80. The SMILES string of the molecule is Cc1ccc2cc(C(C)C)c(=O)c3oc(=C(O)C(C)C)cc1c2=3. The lowest BCUT2D eigenvalue weighted by molar-refractivity contribution is 0.399. The van der Waals surface area contributed by atoms with Crippen LogP contribution in [0.15, 0.2) is 33.5 Å². The molecule has 0 radical (unpaired) electrons. The number of aliphatic hydroxyl groups is 1. The summed E-state index contributed by atoms with van der Waals surface area (Å²) in [7, 11) is 0. The highest BCUT2D eigenvalue weighted by molar-refractivity contribution is 5.74. The van der Waals surface area contributed by atoms with E-state index >= 15 is 0 Å². The Labute approximate surface area is 134 Å². The van der Waals surface area contributed by atoms with E-state index in [9.17, 15) is 9.90 Å². The van der Waals surface area contributed by atoms with Crippen LogP contribution in [0, 0.1) is 23.5 Å². The summed E-state index contributed by atoms with van der Waals surface area (Å²) in [6, 6.07) is 7.87. The lowest BCUT2D eigenvalue weighted by Crippen LogP contribution is -2.17. The van der Waals surface area contributed by atoms with Gasteiger partial charge in [0.05, 0.1) is 0 Å². The lowest BCUT2D eigenvalue weighted by Gasteiger charge is -2.10. The predicted octanol–water partition coefficient (Wildman–Crippen LogP) is 3.99. The zero-order chi connectivity index (χ0) is 16.9. The first kappa shape index (κ1) is 15.6. The molecule has 2 aliphatic rings. The van der Waals surface area contributed by atoms with E-state index < -0.39 is 0 Å². The van der Waals surface area contributed by atoms with Crippen LogP contribution in [-0.2, 0) is 0 Å². The van der Waals surface area contributed by atoms with Gasteiger partial charge in [0.25, 0.3) is 0 Å². The van der Waals surface area contributed by atoms with Crippen molar-refractivity contribution in [2.75, 3.05) is 0 Å². The van der Waals surface area contributed by atoms with Gasteiger partial charge in [-0.1, -0.05) is 39.8 Å². The Morgan fingerprint density at radius 3 is 2.43 bits per heavy atom. The second-order valence-corrected chi connectivity index (χ2v) is 6.82. The number of benzene rings is 1. The van der Waals surface area contributed by atoms with Gasteiger partial charge in [-0.15, -0.1) is 0 Å². The van der Waals surface area contributed by atoms with Crippen LogP contribution in [0.2, 0.25) is 0 Å². The molecule has 3 nitrogen and oxygen atoms in total. The maximum atomic E-state index is 12.8. The molecule has 1 aromatic rings. The summed E-state index contributed by atoms with van der Waals surface area (Å²) in [6.07, 6.45) is 0. The first-order chi connectivity index (χ1) is 10.8. The zero-order valence-corrected chi connectivity index (χ0v) is 14.2. The van der Waals surface area contributed by atoms with E-state index in [0.29, 0.717) is 10.8 Å². The van der Waals surface area contributed by atoms with Gasteiger partial charge >= 0.3 is 0 Å². The van der Waals surface area contributed by atoms with Crippen LogP contribution in [0.4, 0.5) is 0 Å². The third kappa shape index (κ3) is 2.40. The van der Waals surface area contributed by atoms with Crippen LogP contribution < -0.4 is 10.8 Å². The maximum Gasteiger partial charge on any atom is 0.225 e. The molecular weight excluding hydrogens is 288 g/mol. The fourth-order valence-electron chi connectivity index (χ4n) is 2.99. The average Bonchev–Trinajstić information content (AvgIpc) is 2.51. The predicted molar refractivity (Wildman–Crippen MR) is 92.7 cm³/mol. The highest BCUT2D eigenvalue weighted by atomic mass is 16.3. The average molecular weight is 310 g/mol. The topological polar surface area (TPSA) is 50.4 Å². The molecule has 3 rings (SSSR count). The lowest BCUT2D eigenvalue weighted by atomic mass is 9.96. The summed E-state index contributed by atoms with van der Waals surface area (Å²) in [5.74, 6) is 0.223. The van der Waals surface area contributed by atoms with Crippen LogP contribution in [0.3, 0.4) is 0 Å². The molecule has 1 aliphatic heterocycles. The quantitative estimate of drug-likeness (QED) is 0.778. The molecule has 1 heterocycles. The number of hydrogen-bond donors (Lipinski definition) is 1. The molecule has 23 heavy (non-hydrogen) atoms. The standard InChI is InChI=1S/C20H22O3/c1-10(2)14-8-13-7-6-12(5)15-9-16(18(21)11(3)4)23-20(17(13)15)19(14)22/h6-11,21H,1-5H3. The molecule has 3 heteroatoms. The van der Waals surface area contributed by atoms with E-state index in [2.05, 4.69) is 0 Å². The minimum atomic E-state index is -0.0819. The van der Waals surface area contributed by atoms with Gasteiger partial charge in [-0.25, -0.2) is 0 Å². The Balaban J connectivity index is 2.68. The molecular formula is C20H22O3. The van der Waals surface area contributed by atoms with Crippen molar-refractivity contribution in [2.45, 2.75) is 40.5 Å². The molecule has 0 saturated heterocycles. The van der Waals surface area contributed by atoms with E-state index in [-0.39, 0.29) is 23.0 Å². The minimum Gasteiger partial charge on any atom is -0.508 e. The first-order valence-corrected chi connectivity index (χ1v) is 8.04. The van der Waals surface area contributed by atoms with Crippen molar-refractivity contribution in [3.63, 3.8) is 0 Å². The fraction of sp³-hybridized carbons (Fsp3) is 0.350. The number of hydrogen-bond acceptors (Lipinski definition) is 3. The van der Waals surface area contributed by atoms with Crippen molar-refractivity contribution < 1.29 is 9.52 Å². The van der Waals surface area contributed by atoms with Crippen molar-refractivity contribution in [3.8, 4) is 0 Å². The molecule has 0 atom stereocenters.